The smallest absolute Gasteiger partial charge is 0.308 e. The first-order valence-corrected chi connectivity index (χ1v) is 7.47. The number of esters is 2. The fraction of sp³-hybridized carbons (Fsp3) is 0.235. The number of carbonyl (C=O) groups excluding carboxylic acids is 2. The first-order valence-electron chi connectivity index (χ1n) is 7.47. The lowest BCUT2D eigenvalue weighted by Gasteiger charge is -2.13. The van der Waals surface area contributed by atoms with E-state index in [4.69, 9.17) is 9.47 Å². The van der Waals surface area contributed by atoms with Crippen LogP contribution in [0.15, 0.2) is 35.7 Å². The number of ether oxygens (including phenoxy) is 2. The number of pyridine rings is 2. The summed E-state index contributed by atoms with van der Waals surface area (Å²) in [5.41, 5.74) is 4.34. The van der Waals surface area contributed by atoms with Crippen LogP contribution in [0.5, 0.6) is 5.75 Å². The van der Waals surface area contributed by atoms with Crippen LogP contribution in [0.3, 0.4) is 0 Å². The molecule has 0 aromatic carbocycles. The van der Waals surface area contributed by atoms with E-state index in [2.05, 4.69) is 20.5 Å². The third-order valence-corrected chi connectivity index (χ3v) is 3.05. The number of carbonyl (C=O) groups is 2. The van der Waals surface area contributed by atoms with E-state index in [9.17, 15) is 9.59 Å². The minimum Gasteiger partial charge on any atom is -0.461 e. The van der Waals surface area contributed by atoms with E-state index in [-0.39, 0.29) is 12.4 Å². The van der Waals surface area contributed by atoms with E-state index in [0.717, 1.165) is 0 Å². The van der Waals surface area contributed by atoms with E-state index in [1.165, 1.54) is 20.1 Å². The van der Waals surface area contributed by atoms with Gasteiger partial charge in [0.15, 0.2) is 5.75 Å². The molecule has 0 aliphatic carbocycles. The lowest BCUT2D eigenvalue weighted by molar-refractivity contribution is -0.142. The van der Waals surface area contributed by atoms with Gasteiger partial charge in [0.25, 0.3) is 0 Å². The van der Waals surface area contributed by atoms with Gasteiger partial charge < -0.3 is 9.47 Å². The Kier molecular flexibility index (Phi) is 6.16. The molecule has 0 saturated heterocycles. The number of aryl methyl sites for hydroxylation is 1. The van der Waals surface area contributed by atoms with Crippen LogP contribution >= 0.6 is 0 Å². The molecule has 0 spiro atoms. The summed E-state index contributed by atoms with van der Waals surface area (Å²) in [6, 6.07) is 5.36. The number of hydrogen-bond donors (Lipinski definition) is 1. The summed E-state index contributed by atoms with van der Waals surface area (Å²) in [6.07, 6.45) is 4.65. The van der Waals surface area contributed by atoms with Crippen LogP contribution in [-0.4, -0.2) is 28.1 Å². The molecule has 2 heterocycles. The Morgan fingerprint density at radius 1 is 1.24 bits per heavy atom. The third kappa shape index (κ3) is 5.38. The maximum atomic E-state index is 11.4. The second-order valence-electron chi connectivity index (χ2n) is 5.07. The lowest BCUT2D eigenvalue weighted by atomic mass is 10.1. The highest BCUT2D eigenvalue weighted by molar-refractivity contribution is 5.88. The molecule has 0 atom stereocenters. The Morgan fingerprint density at radius 2 is 2.04 bits per heavy atom. The van der Waals surface area contributed by atoms with Crippen molar-refractivity contribution in [2.75, 3.05) is 5.43 Å². The molecule has 0 saturated carbocycles. The molecule has 0 aliphatic heterocycles. The summed E-state index contributed by atoms with van der Waals surface area (Å²) in [5.74, 6) is -0.0881. The van der Waals surface area contributed by atoms with Gasteiger partial charge in [0, 0.05) is 37.4 Å². The minimum absolute atomic E-state index is 0.0121. The van der Waals surface area contributed by atoms with E-state index >= 15 is 0 Å². The maximum Gasteiger partial charge on any atom is 0.308 e. The predicted octanol–water partition coefficient (Wildman–Crippen LogP) is 2.22. The van der Waals surface area contributed by atoms with Crippen molar-refractivity contribution < 1.29 is 19.1 Å². The Bertz CT molecular complexity index is 791. The number of aromatic nitrogens is 2. The number of hydrogen-bond acceptors (Lipinski definition) is 8. The molecule has 0 radical (unpaired) electrons. The average molecular weight is 342 g/mol. The zero-order valence-corrected chi connectivity index (χ0v) is 14.1. The summed E-state index contributed by atoms with van der Waals surface area (Å²) in [6.45, 7) is 4.30. The highest BCUT2D eigenvalue weighted by Gasteiger charge is 2.15. The summed E-state index contributed by atoms with van der Waals surface area (Å²) in [7, 11) is 0. The van der Waals surface area contributed by atoms with Crippen LogP contribution in [0.1, 0.15) is 30.7 Å². The monoisotopic (exact) mass is 342 g/mol. The van der Waals surface area contributed by atoms with Gasteiger partial charge in [-0.15, -0.1) is 0 Å². The molecule has 0 unspecified atom stereocenters. The van der Waals surface area contributed by atoms with Crippen molar-refractivity contribution in [2.24, 2.45) is 5.10 Å². The normalized spacial score (nSPS) is 10.5. The summed E-state index contributed by atoms with van der Waals surface area (Å²) in [4.78, 5) is 30.7. The fourth-order valence-electron chi connectivity index (χ4n) is 1.94. The van der Waals surface area contributed by atoms with Gasteiger partial charge in [0.05, 0.1) is 11.9 Å². The molecule has 2 aromatic heterocycles. The molecule has 130 valence electrons. The quantitative estimate of drug-likeness (QED) is 0.488. The molecule has 1 N–H and O–H groups in total. The van der Waals surface area contributed by atoms with Crippen LogP contribution in [0.4, 0.5) is 5.82 Å². The molecule has 0 amide bonds. The molecule has 0 fully saturated rings. The zero-order chi connectivity index (χ0) is 18.2. The molecular weight excluding hydrogens is 324 g/mol. The van der Waals surface area contributed by atoms with Crippen molar-refractivity contribution in [3.8, 4) is 5.75 Å². The van der Waals surface area contributed by atoms with Gasteiger partial charge in [-0.25, -0.2) is 4.98 Å². The second kappa shape index (κ2) is 8.53. The highest BCUT2D eigenvalue weighted by Crippen LogP contribution is 2.25. The van der Waals surface area contributed by atoms with Gasteiger partial charge in [-0.05, 0) is 19.1 Å². The van der Waals surface area contributed by atoms with Gasteiger partial charge in [-0.3, -0.25) is 20.0 Å². The van der Waals surface area contributed by atoms with Gasteiger partial charge in [-0.2, -0.15) is 5.10 Å². The Hall–Kier alpha value is -3.29. The number of anilines is 1. The molecule has 8 heteroatoms. The predicted molar refractivity (Wildman–Crippen MR) is 91.2 cm³/mol. The highest BCUT2D eigenvalue weighted by atomic mass is 16.5. The number of rotatable bonds is 6. The zero-order valence-electron chi connectivity index (χ0n) is 14.1. The van der Waals surface area contributed by atoms with Crippen molar-refractivity contribution in [1.29, 1.82) is 0 Å². The standard InChI is InChI=1S/C17H18N4O4/c1-11-17(25-13(3)23)15(14(8-19-11)10-24-12(2)22)9-20-21-16-6-4-5-7-18-16/h4-9H,10H2,1-3H3,(H,18,21)/b20-9+. The van der Waals surface area contributed by atoms with Gasteiger partial charge in [-0.1, -0.05) is 6.07 Å². The molecule has 25 heavy (non-hydrogen) atoms. The summed E-state index contributed by atoms with van der Waals surface area (Å²) < 4.78 is 10.3. The van der Waals surface area contributed by atoms with E-state index in [1.54, 1.807) is 31.5 Å². The average Bonchev–Trinajstić information content (AvgIpc) is 2.57. The van der Waals surface area contributed by atoms with E-state index in [0.29, 0.717) is 22.6 Å². The summed E-state index contributed by atoms with van der Waals surface area (Å²) >= 11 is 0. The van der Waals surface area contributed by atoms with E-state index < -0.39 is 11.9 Å². The van der Waals surface area contributed by atoms with Crippen molar-refractivity contribution in [2.45, 2.75) is 27.4 Å². The largest absolute Gasteiger partial charge is 0.461 e. The molecule has 2 aromatic rings. The third-order valence-electron chi connectivity index (χ3n) is 3.05. The topological polar surface area (TPSA) is 103 Å². The van der Waals surface area contributed by atoms with Crippen LogP contribution < -0.4 is 10.2 Å². The Balaban J connectivity index is 2.33. The van der Waals surface area contributed by atoms with Gasteiger partial charge >= 0.3 is 11.9 Å². The lowest BCUT2D eigenvalue weighted by Crippen LogP contribution is -2.10. The Labute approximate surface area is 144 Å². The number of nitrogens with zero attached hydrogens (tertiary/aromatic N) is 3. The molecule has 8 nitrogen and oxygen atoms in total. The second-order valence-corrected chi connectivity index (χ2v) is 5.07. The van der Waals surface area contributed by atoms with Gasteiger partial charge in [0.1, 0.15) is 12.4 Å². The number of nitrogens with one attached hydrogen (secondary N) is 1. The molecular formula is C17H18N4O4. The SMILES string of the molecule is CC(=O)OCc1cnc(C)c(OC(C)=O)c1/C=N/Nc1ccccn1. The van der Waals surface area contributed by atoms with Crippen LogP contribution in [-0.2, 0) is 20.9 Å². The van der Waals surface area contributed by atoms with Gasteiger partial charge in [0.2, 0.25) is 0 Å². The minimum atomic E-state index is -0.484. The van der Waals surface area contributed by atoms with Crippen LogP contribution in [0, 0.1) is 6.92 Å². The molecule has 0 bridgehead atoms. The first-order chi connectivity index (χ1) is 12.0. The summed E-state index contributed by atoms with van der Waals surface area (Å²) in [5, 5.41) is 4.11. The first kappa shape index (κ1) is 18.1. The maximum absolute atomic E-state index is 11.4. The van der Waals surface area contributed by atoms with Crippen molar-refractivity contribution in [3.05, 3.63) is 47.4 Å². The van der Waals surface area contributed by atoms with Crippen LogP contribution in [0.2, 0.25) is 0 Å². The molecule has 0 aliphatic rings. The van der Waals surface area contributed by atoms with Crippen LogP contribution in [0.25, 0.3) is 0 Å². The number of hydrazone groups is 1. The fourth-order valence-corrected chi connectivity index (χ4v) is 1.94. The van der Waals surface area contributed by atoms with Crippen molar-refractivity contribution >= 4 is 24.0 Å². The van der Waals surface area contributed by atoms with Crippen molar-refractivity contribution in [3.63, 3.8) is 0 Å². The molecule has 2 rings (SSSR count). The van der Waals surface area contributed by atoms with Crippen molar-refractivity contribution in [1.82, 2.24) is 9.97 Å². The Morgan fingerprint density at radius 3 is 2.68 bits per heavy atom. The van der Waals surface area contributed by atoms with E-state index in [1.807, 2.05) is 6.07 Å².